The van der Waals surface area contributed by atoms with Crippen LogP contribution in [0.15, 0.2) is 22.8 Å². The molecular weight excluding hydrogens is 334 g/mol. The second kappa shape index (κ2) is 7.70. The Kier molecular flexibility index (Phi) is 5.15. The van der Waals surface area contributed by atoms with Crippen molar-refractivity contribution in [3.8, 4) is 0 Å². The quantitative estimate of drug-likeness (QED) is 0.820. The summed E-state index contributed by atoms with van der Waals surface area (Å²) in [4.78, 5) is 30.8. The van der Waals surface area contributed by atoms with Crippen LogP contribution in [0.2, 0.25) is 0 Å². The number of ether oxygens (including phenoxy) is 1. The molecule has 0 radical (unpaired) electrons. The average molecular weight is 361 g/mol. The zero-order valence-electron chi connectivity index (χ0n) is 15.1. The molecule has 3 fully saturated rings. The second-order valence-corrected chi connectivity index (χ2v) is 7.52. The molecule has 0 spiro atoms. The molecule has 2 amide bonds. The van der Waals surface area contributed by atoms with Crippen LogP contribution < -0.4 is 0 Å². The number of nitrogens with zero attached hydrogens (tertiary/aromatic N) is 3. The van der Waals surface area contributed by atoms with Gasteiger partial charge < -0.3 is 19.0 Å². The molecule has 26 heavy (non-hydrogen) atoms. The number of hydrogen-bond acceptors (Lipinski definition) is 5. The van der Waals surface area contributed by atoms with Gasteiger partial charge in [0.15, 0.2) is 0 Å². The molecule has 0 aromatic carbocycles. The minimum absolute atomic E-state index is 0.0759. The van der Waals surface area contributed by atoms with Crippen LogP contribution in [0.1, 0.15) is 31.4 Å². The van der Waals surface area contributed by atoms with Crippen LogP contribution in [0.25, 0.3) is 0 Å². The highest BCUT2D eigenvalue weighted by Crippen LogP contribution is 2.25. The van der Waals surface area contributed by atoms with Crippen LogP contribution in [-0.2, 0) is 16.1 Å². The Labute approximate surface area is 153 Å². The van der Waals surface area contributed by atoms with Gasteiger partial charge in [-0.15, -0.1) is 0 Å². The Morgan fingerprint density at radius 1 is 1.15 bits per heavy atom. The van der Waals surface area contributed by atoms with Gasteiger partial charge in [0.2, 0.25) is 5.91 Å². The molecular formula is C19H27N3O4. The van der Waals surface area contributed by atoms with Gasteiger partial charge in [-0.25, -0.2) is 4.79 Å². The molecule has 0 saturated carbocycles. The van der Waals surface area contributed by atoms with E-state index in [1.807, 2.05) is 21.9 Å². The molecule has 0 aliphatic carbocycles. The van der Waals surface area contributed by atoms with Gasteiger partial charge in [-0.05, 0) is 44.4 Å². The normalized spacial score (nSPS) is 25.5. The fraction of sp³-hybridized carbons (Fsp3) is 0.684. The van der Waals surface area contributed by atoms with E-state index in [0.29, 0.717) is 13.2 Å². The maximum absolute atomic E-state index is 13.0. The van der Waals surface area contributed by atoms with Crippen molar-refractivity contribution in [3.05, 3.63) is 24.2 Å². The molecule has 3 aliphatic heterocycles. The summed E-state index contributed by atoms with van der Waals surface area (Å²) in [5, 5.41) is 0. The molecule has 3 aliphatic rings. The van der Waals surface area contributed by atoms with Gasteiger partial charge in [0.25, 0.3) is 0 Å². The number of amides is 2. The molecule has 7 nitrogen and oxygen atoms in total. The van der Waals surface area contributed by atoms with Crippen molar-refractivity contribution in [1.82, 2.24) is 14.7 Å². The minimum atomic E-state index is -0.198. The predicted octanol–water partition coefficient (Wildman–Crippen LogP) is 1.93. The van der Waals surface area contributed by atoms with E-state index in [4.69, 9.17) is 9.15 Å². The Balaban J connectivity index is 1.28. The average Bonchev–Trinajstić information content (AvgIpc) is 3.33. The Bertz CT molecular complexity index is 625. The highest BCUT2D eigenvalue weighted by atomic mass is 16.6. The maximum atomic E-state index is 13.0. The first-order valence-corrected chi connectivity index (χ1v) is 9.67. The lowest BCUT2D eigenvalue weighted by Gasteiger charge is -2.39. The van der Waals surface area contributed by atoms with Gasteiger partial charge in [-0.2, -0.15) is 0 Å². The van der Waals surface area contributed by atoms with Gasteiger partial charge in [-0.3, -0.25) is 9.69 Å². The largest absolute Gasteiger partial charge is 0.468 e. The number of furan rings is 1. The van der Waals surface area contributed by atoms with E-state index in [2.05, 4.69) is 4.90 Å². The topological polar surface area (TPSA) is 66.2 Å². The summed E-state index contributed by atoms with van der Waals surface area (Å²) in [5.74, 6) is 1.31. The number of rotatable bonds is 4. The monoisotopic (exact) mass is 361 g/mol. The summed E-state index contributed by atoms with van der Waals surface area (Å²) in [7, 11) is 0. The summed E-state index contributed by atoms with van der Waals surface area (Å²) < 4.78 is 10.5. The second-order valence-electron chi connectivity index (χ2n) is 7.52. The van der Waals surface area contributed by atoms with Crippen LogP contribution in [0, 0.1) is 5.92 Å². The molecule has 0 unspecified atom stereocenters. The van der Waals surface area contributed by atoms with E-state index in [1.54, 1.807) is 6.26 Å². The molecule has 142 valence electrons. The van der Waals surface area contributed by atoms with E-state index in [0.717, 1.165) is 64.2 Å². The van der Waals surface area contributed by atoms with E-state index in [9.17, 15) is 9.59 Å². The van der Waals surface area contributed by atoms with Crippen molar-refractivity contribution in [3.63, 3.8) is 0 Å². The lowest BCUT2D eigenvalue weighted by Crippen LogP contribution is -2.50. The van der Waals surface area contributed by atoms with Gasteiger partial charge in [0, 0.05) is 25.7 Å². The van der Waals surface area contributed by atoms with Gasteiger partial charge in [0.05, 0.1) is 25.3 Å². The first-order chi connectivity index (χ1) is 12.7. The molecule has 1 aromatic heterocycles. The lowest BCUT2D eigenvalue weighted by atomic mass is 9.94. The van der Waals surface area contributed by atoms with E-state index in [1.165, 1.54) is 0 Å². The zero-order chi connectivity index (χ0) is 17.9. The van der Waals surface area contributed by atoms with Crippen molar-refractivity contribution >= 4 is 12.0 Å². The van der Waals surface area contributed by atoms with Gasteiger partial charge in [0.1, 0.15) is 12.4 Å². The Hall–Kier alpha value is -2.02. The third kappa shape index (κ3) is 3.72. The summed E-state index contributed by atoms with van der Waals surface area (Å²) in [6.45, 7) is 5.24. The van der Waals surface area contributed by atoms with Crippen molar-refractivity contribution in [2.45, 2.75) is 38.3 Å². The van der Waals surface area contributed by atoms with Crippen LogP contribution in [-0.4, -0.2) is 72.1 Å². The summed E-state index contributed by atoms with van der Waals surface area (Å²) in [5.41, 5.74) is 0. The van der Waals surface area contributed by atoms with Crippen molar-refractivity contribution < 1.29 is 18.7 Å². The molecule has 7 heteroatoms. The SMILES string of the molecule is O=C([C@H]1CCCN(Cc2ccco2)C1)N1CCC(N2CCOC2=O)CC1. The van der Waals surface area contributed by atoms with Crippen LogP contribution in [0.5, 0.6) is 0 Å². The van der Waals surface area contributed by atoms with E-state index < -0.39 is 0 Å². The number of hydrogen-bond donors (Lipinski definition) is 0. The fourth-order valence-electron chi connectivity index (χ4n) is 4.42. The zero-order valence-corrected chi connectivity index (χ0v) is 15.1. The van der Waals surface area contributed by atoms with Crippen LogP contribution >= 0.6 is 0 Å². The first kappa shape index (κ1) is 17.4. The number of cyclic esters (lactones) is 1. The van der Waals surface area contributed by atoms with Crippen molar-refractivity contribution in [2.24, 2.45) is 5.92 Å². The smallest absolute Gasteiger partial charge is 0.410 e. The van der Waals surface area contributed by atoms with Crippen molar-refractivity contribution in [1.29, 1.82) is 0 Å². The van der Waals surface area contributed by atoms with Crippen LogP contribution in [0.4, 0.5) is 4.79 Å². The standard InChI is InChI=1S/C19H27N3O4/c23-18(15-3-1-7-20(13-15)14-17-4-2-11-25-17)21-8-5-16(6-9-21)22-10-12-26-19(22)24/h2,4,11,15-16H,1,3,5-10,12-14H2/t15-/m0/s1. The highest BCUT2D eigenvalue weighted by Gasteiger charge is 2.35. The number of carbonyl (C=O) groups is 2. The Morgan fingerprint density at radius 2 is 2.00 bits per heavy atom. The summed E-state index contributed by atoms with van der Waals surface area (Å²) in [6.07, 6.45) is 5.21. The molecule has 3 saturated heterocycles. The van der Waals surface area contributed by atoms with Gasteiger partial charge in [-0.1, -0.05) is 0 Å². The third-order valence-corrected chi connectivity index (χ3v) is 5.82. The fourth-order valence-corrected chi connectivity index (χ4v) is 4.42. The maximum Gasteiger partial charge on any atom is 0.410 e. The third-order valence-electron chi connectivity index (χ3n) is 5.82. The lowest BCUT2D eigenvalue weighted by molar-refractivity contribution is -0.138. The minimum Gasteiger partial charge on any atom is -0.468 e. The predicted molar refractivity (Wildman–Crippen MR) is 94.4 cm³/mol. The molecule has 4 rings (SSSR count). The molecule has 4 heterocycles. The molecule has 0 N–H and O–H groups in total. The summed E-state index contributed by atoms with van der Waals surface area (Å²) >= 11 is 0. The van der Waals surface area contributed by atoms with Crippen molar-refractivity contribution in [2.75, 3.05) is 39.3 Å². The van der Waals surface area contributed by atoms with Gasteiger partial charge >= 0.3 is 6.09 Å². The number of likely N-dealkylation sites (tertiary alicyclic amines) is 2. The van der Waals surface area contributed by atoms with E-state index >= 15 is 0 Å². The van der Waals surface area contributed by atoms with Crippen LogP contribution in [0.3, 0.4) is 0 Å². The number of carbonyl (C=O) groups excluding carboxylic acids is 2. The highest BCUT2D eigenvalue weighted by molar-refractivity contribution is 5.79. The molecule has 0 bridgehead atoms. The molecule has 1 aromatic rings. The summed E-state index contributed by atoms with van der Waals surface area (Å²) in [6, 6.07) is 4.11. The molecule has 1 atom stereocenters. The first-order valence-electron chi connectivity index (χ1n) is 9.67. The number of piperidine rings is 2. The van der Waals surface area contributed by atoms with E-state index in [-0.39, 0.29) is 24.0 Å². The Morgan fingerprint density at radius 3 is 2.69 bits per heavy atom.